The van der Waals surface area contributed by atoms with E-state index in [9.17, 15) is 4.79 Å². The number of aromatic nitrogens is 2. The first-order valence-electron chi connectivity index (χ1n) is 9.17. The zero-order valence-corrected chi connectivity index (χ0v) is 15.0. The van der Waals surface area contributed by atoms with Crippen LogP contribution in [0.25, 0.3) is 0 Å². The van der Waals surface area contributed by atoms with Gasteiger partial charge in [0, 0.05) is 51.4 Å². The maximum absolute atomic E-state index is 12.9. The van der Waals surface area contributed by atoms with Crippen molar-refractivity contribution in [1.82, 2.24) is 19.6 Å². The van der Waals surface area contributed by atoms with E-state index in [0.29, 0.717) is 11.8 Å². The summed E-state index contributed by atoms with van der Waals surface area (Å²) in [5.41, 5.74) is 2.55. The van der Waals surface area contributed by atoms with E-state index in [1.165, 1.54) is 11.1 Å². The van der Waals surface area contributed by atoms with Crippen molar-refractivity contribution in [2.24, 2.45) is 13.0 Å². The van der Waals surface area contributed by atoms with E-state index in [2.05, 4.69) is 52.2 Å². The third kappa shape index (κ3) is 3.47. The van der Waals surface area contributed by atoms with Gasteiger partial charge in [-0.05, 0) is 30.4 Å². The quantitative estimate of drug-likeness (QED) is 0.859. The standard InChI is InChI=1S/C20H26N4O/c1-15-12-23(13-16-6-4-3-5-7-16)8-9-24(15)20(25)19-10-18(19)17-11-21-22(2)14-17/h3-7,11,14-15,18-19H,8-10,12-13H2,1-2H3/t15-,18-,19-/m1/s1. The molecule has 2 aromatic rings. The van der Waals surface area contributed by atoms with Crippen LogP contribution in [-0.4, -0.2) is 51.2 Å². The zero-order chi connectivity index (χ0) is 17.4. The van der Waals surface area contributed by atoms with Crippen LogP contribution >= 0.6 is 0 Å². The molecular weight excluding hydrogens is 312 g/mol. The van der Waals surface area contributed by atoms with Crippen molar-refractivity contribution in [2.75, 3.05) is 19.6 Å². The minimum Gasteiger partial charge on any atom is -0.337 e. The smallest absolute Gasteiger partial charge is 0.226 e. The molecule has 5 heteroatoms. The summed E-state index contributed by atoms with van der Waals surface area (Å²) < 4.78 is 1.82. The van der Waals surface area contributed by atoms with Gasteiger partial charge in [-0.1, -0.05) is 30.3 Å². The summed E-state index contributed by atoms with van der Waals surface area (Å²) in [5, 5.41) is 4.23. The van der Waals surface area contributed by atoms with Gasteiger partial charge >= 0.3 is 0 Å². The molecule has 132 valence electrons. The molecule has 0 unspecified atom stereocenters. The highest BCUT2D eigenvalue weighted by Crippen LogP contribution is 2.48. The van der Waals surface area contributed by atoms with E-state index < -0.39 is 0 Å². The van der Waals surface area contributed by atoms with Gasteiger partial charge in [0.1, 0.15) is 0 Å². The third-order valence-electron chi connectivity index (χ3n) is 5.50. The number of benzene rings is 1. The van der Waals surface area contributed by atoms with Crippen LogP contribution in [-0.2, 0) is 18.4 Å². The molecule has 0 spiro atoms. The van der Waals surface area contributed by atoms with Crippen molar-refractivity contribution in [1.29, 1.82) is 0 Å². The maximum atomic E-state index is 12.9. The molecule has 1 aromatic carbocycles. The Bertz CT molecular complexity index is 741. The molecule has 5 nitrogen and oxygen atoms in total. The van der Waals surface area contributed by atoms with Gasteiger partial charge in [-0.25, -0.2) is 0 Å². The Balaban J connectivity index is 1.33. The van der Waals surface area contributed by atoms with Gasteiger partial charge in [-0.3, -0.25) is 14.4 Å². The fourth-order valence-electron chi connectivity index (χ4n) is 4.03. The van der Waals surface area contributed by atoms with Crippen molar-refractivity contribution in [3.63, 3.8) is 0 Å². The van der Waals surface area contributed by atoms with Gasteiger partial charge in [-0.15, -0.1) is 0 Å². The lowest BCUT2D eigenvalue weighted by Gasteiger charge is -2.40. The van der Waals surface area contributed by atoms with Crippen LogP contribution in [0.1, 0.15) is 30.4 Å². The fourth-order valence-corrected chi connectivity index (χ4v) is 4.03. The number of amides is 1. The lowest BCUT2D eigenvalue weighted by molar-refractivity contribution is -0.137. The number of carbonyl (C=O) groups is 1. The van der Waals surface area contributed by atoms with Crippen LogP contribution in [0.4, 0.5) is 0 Å². The lowest BCUT2D eigenvalue weighted by Crippen LogP contribution is -2.54. The molecular formula is C20H26N4O. The predicted molar refractivity (Wildman–Crippen MR) is 97.0 cm³/mol. The Labute approximate surface area is 149 Å². The maximum Gasteiger partial charge on any atom is 0.226 e. The highest BCUT2D eigenvalue weighted by molar-refractivity contribution is 5.83. The number of carbonyl (C=O) groups excluding carboxylic acids is 1. The Kier molecular flexibility index (Phi) is 4.34. The number of hydrogen-bond acceptors (Lipinski definition) is 3. The van der Waals surface area contributed by atoms with E-state index in [-0.39, 0.29) is 12.0 Å². The van der Waals surface area contributed by atoms with Crippen LogP contribution < -0.4 is 0 Å². The highest BCUT2D eigenvalue weighted by Gasteiger charge is 2.47. The first-order valence-corrected chi connectivity index (χ1v) is 9.17. The summed E-state index contributed by atoms with van der Waals surface area (Å²) in [6.07, 6.45) is 4.92. The number of piperazine rings is 1. The Morgan fingerprint density at radius 1 is 1.24 bits per heavy atom. The van der Waals surface area contributed by atoms with Crippen molar-refractivity contribution in [3.05, 3.63) is 53.9 Å². The first kappa shape index (κ1) is 16.3. The molecule has 1 saturated carbocycles. The second-order valence-corrected chi connectivity index (χ2v) is 7.50. The van der Waals surface area contributed by atoms with E-state index >= 15 is 0 Å². The summed E-state index contributed by atoms with van der Waals surface area (Å²) in [7, 11) is 1.93. The molecule has 0 radical (unpaired) electrons. The lowest BCUT2D eigenvalue weighted by atomic mass is 10.1. The van der Waals surface area contributed by atoms with Crippen molar-refractivity contribution < 1.29 is 4.79 Å². The molecule has 0 bridgehead atoms. The van der Waals surface area contributed by atoms with E-state index in [1.807, 2.05) is 24.1 Å². The van der Waals surface area contributed by atoms with E-state index in [1.54, 1.807) is 0 Å². The molecule has 1 aromatic heterocycles. The Hall–Kier alpha value is -2.14. The van der Waals surface area contributed by atoms with E-state index in [0.717, 1.165) is 32.6 Å². The van der Waals surface area contributed by atoms with Crippen LogP contribution in [0.2, 0.25) is 0 Å². The Morgan fingerprint density at radius 2 is 2.04 bits per heavy atom. The van der Waals surface area contributed by atoms with Gasteiger partial charge in [0.25, 0.3) is 0 Å². The summed E-state index contributed by atoms with van der Waals surface area (Å²) in [4.78, 5) is 17.5. The van der Waals surface area contributed by atoms with Crippen LogP contribution in [0.3, 0.4) is 0 Å². The third-order valence-corrected chi connectivity index (χ3v) is 5.50. The van der Waals surface area contributed by atoms with Crippen LogP contribution in [0.15, 0.2) is 42.7 Å². The number of rotatable bonds is 4. The number of aryl methyl sites for hydroxylation is 1. The summed E-state index contributed by atoms with van der Waals surface area (Å²) in [5.74, 6) is 0.865. The second-order valence-electron chi connectivity index (χ2n) is 7.50. The summed E-state index contributed by atoms with van der Waals surface area (Å²) in [6, 6.07) is 10.8. The summed E-state index contributed by atoms with van der Waals surface area (Å²) in [6.45, 7) is 5.88. The first-order chi connectivity index (χ1) is 12.1. The van der Waals surface area contributed by atoms with Gasteiger partial charge in [0.2, 0.25) is 5.91 Å². The molecule has 2 heterocycles. The minimum atomic E-state index is 0.160. The van der Waals surface area contributed by atoms with Gasteiger partial charge in [0.15, 0.2) is 0 Å². The molecule has 2 aliphatic rings. The second kappa shape index (κ2) is 6.64. The monoisotopic (exact) mass is 338 g/mol. The molecule has 1 saturated heterocycles. The number of nitrogens with zero attached hydrogens (tertiary/aromatic N) is 4. The van der Waals surface area contributed by atoms with Crippen molar-refractivity contribution in [2.45, 2.75) is 31.8 Å². The van der Waals surface area contributed by atoms with Crippen molar-refractivity contribution in [3.8, 4) is 0 Å². The average molecular weight is 338 g/mol. The fraction of sp³-hybridized carbons (Fsp3) is 0.500. The molecule has 4 rings (SSSR count). The zero-order valence-electron chi connectivity index (χ0n) is 15.0. The molecule has 25 heavy (non-hydrogen) atoms. The van der Waals surface area contributed by atoms with Crippen molar-refractivity contribution >= 4 is 5.91 Å². The van der Waals surface area contributed by atoms with E-state index in [4.69, 9.17) is 0 Å². The summed E-state index contributed by atoms with van der Waals surface area (Å²) >= 11 is 0. The molecule has 2 fully saturated rings. The normalized spacial score (nSPS) is 26.6. The van der Waals surface area contributed by atoms with Gasteiger partial charge in [-0.2, -0.15) is 5.10 Å². The SMILES string of the molecule is C[C@@H]1CN(Cc2ccccc2)CCN1C(=O)[C@@H]1C[C@@H]1c1cnn(C)c1. The highest BCUT2D eigenvalue weighted by atomic mass is 16.2. The van der Waals surface area contributed by atoms with Crippen LogP contribution in [0, 0.1) is 5.92 Å². The predicted octanol–water partition coefficient (Wildman–Crippen LogP) is 2.26. The molecule has 1 aliphatic carbocycles. The molecule has 1 amide bonds. The number of hydrogen-bond donors (Lipinski definition) is 0. The van der Waals surface area contributed by atoms with Gasteiger partial charge in [0.05, 0.1) is 6.20 Å². The molecule has 1 aliphatic heterocycles. The van der Waals surface area contributed by atoms with Crippen LogP contribution in [0.5, 0.6) is 0 Å². The molecule has 3 atom stereocenters. The average Bonchev–Trinajstić information content (AvgIpc) is 3.29. The largest absolute Gasteiger partial charge is 0.337 e. The minimum absolute atomic E-state index is 0.160. The molecule has 0 N–H and O–H groups in total. The topological polar surface area (TPSA) is 41.4 Å². The Morgan fingerprint density at radius 3 is 2.72 bits per heavy atom. The van der Waals surface area contributed by atoms with Gasteiger partial charge < -0.3 is 4.90 Å².